The second-order valence-electron chi connectivity index (χ2n) is 4.64. The lowest BCUT2D eigenvalue weighted by Gasteiger charge is -2.37. The van der Waals surface area contributed by atoms with Gasteiger partial charge in [-0.3, -0.25) is 0 Å². The van der Waals surface area contributed by atoms with Crippen molar-refractivity contribution >= 4 is 7.48 Å². The molecule has 0 fully saturated rings. The van der Waals surface area contributed by atoms with E-state index in [1.54, 1.807) is 13.8 Å². The maximum atomic E-state index is 9.83. The third-order valence-corrected chi connectivity index (χ3v) is 2.52. The van der Waals surface area contributed by atoms with E-state index in [4.69, 9.17) is 4.65 Å². The summed E-state index contributed by atoms with van der Waals surface area (Å²) in [6.45, 7) is 9.27. The molecule has 0 heterocycles. The SMILES string of the molecule is CN/C=C(\C)BOC(C)(C)C(C)(C)O. The Balaban J connectivity index is 4.20. The summed E-state index contributed by atoms with van der Waals surface area (Å²) in [5.74, 6) is 0. The van der Waals surface area contributed by atoms with E-state index >= 15 is 0 Å². The molecule has 0 unspecified atom stereocenters. The van der Waals surface area contributed by atoms with Gasteiger partial charge in [-0.1, -0.05) is 5.47 Å². The van der Waals surface area contributed by atoms with Crippen LogP contribution in [0.25, 0.3) is 0 Å². The number of nitrogens with one attached hydrogen (secondary N) is 1. The van der Waals surface area contributed by atoms with Gasteiger partial charge in [0.1, 0.15) is 0 Å². The summed E-state index contributed by atoms with van der Waals surface area (Å²) in [6, 6.07) is 0. The van der Waals surface area contributed by atoms with E-state index in [0.29, 0.717) is 7.48 Å². The predicted molar refractivity (Wildman–Crippen MR) is 61.4 cm³/mol. The van der Waals surface area contributed by atoms with Crippen molar-refractivity contribution in [3.8, 4) is 0 Å². The summed E-state index contributed by atoms with van der Waals surface area (Å²) in [5, 5.41) is 12.8. The van der Waals surface area contributed by atoms with E-state index in [-0.39, 0.29) is 0 Å². The fraction of sp³-hybridized carbons (Fsp3) is 0.800. The molecule has 0 aliphatic carbocycles. The smallest absolute Gasteiger partial charge is 0.306 e. The molecule has 2 N–H and O–H groups in total. The molecule has 0 spiro atoms. The first-order valence-corrected chi connectivity index (χ1v) is 4.90. The van der Waals surface area contributed by atoms with Crippen LogP contribution < -0.4 is 5.32 Å². The lowest BCUT2D eigenvalue weighted by Crippen LogP contribution is -2.48. The molecule has 0 amide bonds. The second-order valence-corrected chi connectivity index (χ2v) is 4.64. The van der Waals surface area contributed by atoms with Gasteiger partial charge in [-0.15, -0.1) is 0 Å². The molecule has 0 aliphatic rings. The van der Waals surface area contributed by atoms with Gasteiger partial charge in [0.2, 0.25) is 0 Å². The van der Waals surface area contributed by atoms with Crippen molar-refractivity contribution in [1.82, 2.24) is 5.32 Å². The van der Waals surface area contributed by atoms with Crippen molar-refractivity contribution in [1.29, 1.82) is 0 Å². The van der Waals surface area contributed by atoms with Crippen LogP contribution >= 0.6 is 0 Å². The molecule has 3 nitrogen and oxygen atoms in total. The molecule has 0 radical (unpaired) electrons. The molecular formula is C10H22BNO2. The van der Waals surface area contributed by atoms with Crippen molar-refractivity contribution in [3.63, 3.8) is 0 Å². The number of rotatable bonds is 5. The van der Waals surface area contributed by atoms with Crippen LogP contribution in [0.2, 0.25) is 0 Å². The van der Waals surface area contributed by atoms with E-state index in [1.165, 1.54) is 0 Å². The van der Waals surface area contributed by atoms with Crippen molar-refractivity contribution in [2.24, 2.45) is 0 Å². The van der Waals surface area contributed by atoms with Crippen molar-refractivity contribution in [2.45, 2.75) is 45.8 Å². The molecule has 0 atom stereocenters. The number of aliphatic hydroxyl groups is 1. The van der Waals surface area contributed by atoms with Gasteiger partial charge in [-0.2, -0.15) is 0 Å². The summed E-state index contributed by atoms with van der Waals surface area (Å²) in [7, 11) is 2.38. The molecule has 82 valence electrons. The van der Waals surface area contributed by atoms with E-state index < -0.39 is 11.2 Å². The van der Waals surface area contributed by atoms with Gasteiger partial charge in [0, 0.05) is 7.05 Å². The molecule has 0 saturated heterocycles. The van der Waals surface area contributed by atoms with E-state index in [0.717, 1.165) is 5.47 Å². The Morgan fingerprint density at radius 1 is 1.36 bits per heavy atom. The second kappa shape index (κ2) is 4.85. The van der Waals surface area contributed by atoms with Crippen LogP contribution in [0.1, 0.15) is 34.6 Å². The summed E-state index contributed by atoms with van der Waals surface area (Å²) in [5.41, 5.74) is -0.284. The molecule has 0 saturated carbocycles. The lowest BCUT2D eigenvalue weighted by molar-refractivity contribution is -0.0896. The third kappa shape index (κ3) is 4.16. The molecule has 0 aromatic carbocycles. The van der Waals surface area contributed by atoms with Crippen LogP contribution in [0, 0.1) is 0 Å². The average molecular weight is 199 g/mol. The van der Waals surface area contributed by atoms with Gasteiger partial charge < -0.3 is 15.1 Å². The summed E-state index contributed by atoms with van der Waals surface area (Å²) < 4.78 is 5.65. The highest BCUT2D eigenvalue weighted by atomic mass is 16.5. The highest BCUT2D eigenvalue weighted by Gasteiger charge is 2.35. The minimum absolute atomic E-state index is 0.526. The summed E-state index contributed by atoms with van der Waals surface area (Å²) in [6.07, 6.45) is 1.89. The monoisotopic (exact) mass is 199 g/mol. The van der Waals surface area contributed by atoms with E-state index in [9.17, 15) is 5.11 Å². The Kier molecular flexibility index (Phi) is 4.68. The molecule has 0 bridgehead atoms. The standard InChI is InChI=1S/C10H22BNO2/c1-8(7-12-6)11-14-10(4,5)9(2,3)13/h7,11-13H,1-6H3/b8-7+. The maximum absolute atomic E-state index is 9.83. The van der Waals surface area contributed by atoms with Gasteiger partial charge in [-0.05, 0) is 40.8 Å². The van der Waals surface area contributed by atoms with Gasteiger partial charge in [-0.25, -0.2) is 0 Å². The first-order chi connectivity index (χ1) is 6.20. The Hall–Kier alpha value is -0.475. The van der Waals surface area contributed by atoms with Crippen molar-refractivity contribution in [2.75, 3.05) is 7.05 Å². The largest absolute Gasteiger partial charge is 0.427 e. The van der Waals surface area contributed by atoms with Gasteiger partial charge >= 0.3 is 7.48 Å². The first-order valence-electron chi connectivity index (χ1n) is 4.90. The summed E-state index contributed by atoms with van der Waals surface area (Å²) in [4.78, 5) is 0. The maximum Gasteiger partial charge on any atom is 0.306 e. The minimum atomic E-state index is -0.840. The quantitative estimate of drug-likeness (QED) is 0.648. The van der Waals surface area contributed by atoms with Crippen LogP contribution in [0.4, 0.5) is 0 Å². The normalized spacial score (nSPS) is 14.1. The molecule has 0 aromatic heterocycles. The highest BCUT2D eigenvalue weighted by Crippen LogP contribution is 2.24. The molecule has 0 aliphatic heterocycles. The third-order valence-electron chi connectivity index (χ3n) is 2.52. The Morgan fingerprint density at radius 3 is 2.21 bits per heavy atom. The predicted octanol–water partition coefficient (Wildman–Crippen LogP) is 0.985. The zero-order valence-electron chi connectivity index (χ0n) is 10.1. The Bertz CT molecular complexity index is 207. The molecule has 4 heteroatoms. The number of allylic oxidation sites excluding steroid dienone is 1. The van der Waals surface area contributed by atoms with Crippen LogP contribution in [-0.2, 0) is 4.65 Å². The van der Waals surface area contributed by atoms with Crippen LogP contribution in [-0.4, -0.2) is 30.8 Å². The molecule has 0 aromatic rings. The molecular weight excluding hydrogens is 177 g/mol. The van der Waals surface area contributed by atoms with Gasteiger partial charge in [0.05, 0.1) is 11.2 Å². The molecule has 0 rings (SSSR count). The Labute approximate surface area is 87.8 Å². The van der Waals surface area contributed by atoms with Gasteiger partial charge in [0.15, 0.2) is 0 Å². The highest BCUT2D eigenvalue weighted by molar-refractivity contribution is 6.37. The lowest BCUT2D eigenvalue weighted by atomic mass is 9.83. The zero-order chi connectivity index (χ0) is 11.4. The number of hydrogen-bond donors (Lipinski definition) is 2. The fourth-order valence-corrected chi connectivity index (χ4v) is 0.759. The minimum Gasteiger partial charge on any atom is -0.427 e. The van der Waals surface area contributed by atoms with Crippen LogP contribution in [0.3, 0.4) is 0 Å². The zero-order valence-corrected chi connectivity index (χ0v) is 10.1. The van der Waals surface area contributed by atoms with Gasteiger partial charge in [0.25, 0.3) is 0 Å². The summed E-state index contributed by atoms with van der Waals surface area (Å²) >= 11 is 0. The fourth-order valence-electron chi connectivity index (χ4n) is 0.759. The average Bonchev–Trinajstić information content (AvgIpc) is 1.99. The first kappa shape index (κ1) is 13.5. The van der Waals surface area contributed by atoms with Crippen molar-refractivity contribution in [3.05, 3.63) is 11.7 Å². The van der Waals surface area contributed by atoms with Crippen LogP contribution in [0.5, 0.6) is 0 Å². The number of hydrogen-bond acceptors (Lipinski definition) is 3. The molecule has 14 heavy (non-hydrogen) atoms. The van der Waals surface area contributed by atoms with E-state index in [2.05, 4.69) is 5.32 Å². The van der Waals surface area contributed by atoms with E-state index in [1.807, 2.05) is 34.0 Å². The topological polar surface area (TPSA) is 41.5 Å². The van der Waals surface area contributed by atoms with Crippen molar-refractivity contribution < 1.29 is 9.76 Å². The Morgan fingerprint density at radius 2 is 1.86 bits per heavy atom. The van der Waals surface area contributed by atoms with Crippen LogP contribution in [0.15, 0.2) is 11.7 Å².